The number of rotatable bonds is 20. The summed E-state index contributed by atoms with van der Waals surface area (Å²) in [5.74, 6) is 0. The highest BCUT2D eigenvalue weighted by Gasteiger charge is 1.92. The van der Waals surface area contributed by atoms with Gasteiger partial charge in [-0.05, 0) is 6.42 Å². The van der Waals surface area contributed by atoms with Crippen molar-refractivity contribution in [3.05, 3.63) is 0 Å². The van der Waals surface area contributed by atoms with E-state index < -0.39 is 0 Å². The Labute approximate surface area is 265 Å². The fraction of sp³-hybridized carbons (Fsp3) is 1.00. The second-order valence-corrected chi connectivity index (χ2v) is 7.65. The Hall–Kier alpha value is -0.640. The van der Waals surface area contributed by atoms with Crippen LogP contribution in [0.1, 0.15) is 71.1 Å². The van der Waals surface area contributed by atoms with Crippen molar-refractivity contribution < 1.29 is 81.3 Å². The van der Waals surface area contributed by atoms with Crippen LogP contribution >= 0.6 is 0 Å². The first kappa shape index (κ1) is 62.2. The van der Waals surface area contributed by atoms with E-state index in [0.717, 1.165) is 13.0 Å². The Kier molecular flexibility index (Phi) is 137. The van der Waals surface area contributed by atoms with Gasteiger partial charge in [0.2, 0.25) is 0 Å². The van der Waals surface area contributed by atoms with Gasteiger partial charge in [0, 0.05) is 6.61 Å². The van der Waals surface area contributed by atoms with Crippen molar-refractivity contribution in [3.63, 3.8) is 0 Å². The highest BCUT2D eigenvalue weighted by Crippen LogP contribution is 2.10. The highest BCUT2D eigenvalue weighted by atomic mass is 16.5. The lowest BCUT2D eigenvalue weighted by Crippen LogP contribution is -2.00. The molecule has 0 rings (SSSR count). The molecule has 0 unspecified atom stereocenters. The smallest absolute Gasteiger partial charge is 0.0697 e. The quantitative estimate of drug-likeness (QED) is 0.0567. The Morgan fingerprint density at radius 2 is 0.455 bits per heavy atom. The molecule has 0 spiro atoms. The van der Waals surface area contributed by atoms with Crippen molar-refractivity contribution in [2.24, 2.45) is 0 Å². The van der Waals surface area contributed by atoms with Crippen LogP contribution in [0.5, 0.6) is 0 Å². The number of hydrogen-bond donors (Lipinski definition) is 15. The summed E-state index contributed by atoms with van der Waals surface area (Å²) < 4.78 is 5.20. The van der Waals surface area contributed by atoms with Crippen molar-refractivity contribution in [2.45, 2.75) is 71.1 Å². The number of aliphatic hydroxyl groups excluding tert-OH is 15. The maximum atomic E-state index is 8.50. The Morgan fingerprint density at radius 1 is 0.250 bits per heavy atom. The number of aliphatic hydroxyl groups is 15. The second-order valence-electron chi connectivity index (χ2n) is 7.65. The molecule has 0 bridgehead atoms. The van der Waals surface area contributed by atoms with E-state index >= 15 is 0 Å². The Morgan fingerprint density at radius 3 is 0.636 bits per heavy atom. The van der Waals surface area contributed by atoms with Crippen LogP contribution in [0.3, 0.4) is 0 Å². The van der Waals surface area contributed by atoms with E-state index in [0.29, 0.717) is 6.61 Å². The van der Waals surface area contributed by atoms with E-state index in [4.69, 9.17) is 81.3 Å². The van der Waals surface area contributed by atoms with Crippen molar-refractivity contribution in [1.82, 2.24) is 0 Å². The second kappa shape index (κ2) is 96.8. The topological polar surface area (TPSA) is 313 Å². The summed E-state index contributed by atoms with van der Waals surface area (Å²) in [7, 11) is 0. The maximum absolute atomic E-state index is 8.50. The third kappa shape index (κ3) is 180. The fourth-order valence-corrected chi connectivity index (χ4v) is 1.86. The van der Waals surface area contributed by atoms with E-state index in [2.05, 4.69) is 6.92 Å². The molecular formula is C28H72O16. The zero-order valence-electron chi connectivity index (χ0n) is 27.2. The van der Waals surface area contributed by atoms with Crippen LogP contribution in [-0.4, -0.2) is 189 Å². The maximum Gasteiger partial charge on any atom is 0.0697 e. The average Bonchev–Trinajstić information content (AvgIpc) is 3.09. The molecule has 280 valence electrons. The SMILES string of the molecule is CCCCCCCCCCCCOCCO.OCCO.OCCO.OCCO.OCCO.OCCO.OCCO.OCCO. The number of ether oxygens (including phenoxy) is 1. The summed E-state index contributed by atoms with van der Waals surface area (Å²) in [5.41, 5.74) is 0. The largest absolute Gasteiger partial charge is 0.394 e. The number of hydrogen-bond acceptors (Lipinski definition) is 16. The third-order valence-corrected chi connectivity index (χ3v) is 3.58. The lowest BCUT2D eigenvalue weighted by Gasteiger charge is -2.03. The normalized spacial score (nSPS) is 8.73. The molecule has 0 atom stereocenters. The summed E-state index contributed by atoms with van der Waals surface area (Å²) in [5, 5.41) is 115. The van der Waals surface area contributed by atoms with Gasteiger partial charge in [-0.2, -0.15) is 0 Å². The van der Waals surface area contributed by atoms with Gasteiger partial charge in [0.15, 0.2) is 0 Å². The standard InChI is InChI=1S/C14H30O2.7C2H6O2/c1-2-3-4-5-6-7-8-9-10-11-13-16-14-12-15;7*3-1-2-4/h15H,2-14H2,1H3;7*3-4H,1-2H2. The molecule has 0 aliphatic heterocycles. The van der Waals surface area contributed by atoms with Gasteiger partial charge in [0.05, 0.1) is 106 Å². The van der Waals surface area contributed by atoms with Crippen LogP contribution in [0.15, 0.2) is 0 Å². The molecule has 0 heterocycles. The predicted molar refractivity (Wildman–Crippen MR) is 169 cm³/mol. The minimum Gasteiger partial charge on any atom is -0.394 e. The van der Waals surface area contributed by atoms with Gasteiger partial charge < -0.3 is 81.3 Å². The molecule has 0 radical (unpaired) electrons. The minimum atomic E-state index is -0.125. The highest BCUT2D eigenvalue weighted by molar-refractivity contribution is 4.47. The molecule has 0 amide bonds. The first-order valence-electron chi connectivity index (χ1n) is 15.0. The van der Waals surface area contributed by atoms with Crippen LogP contribution in [0, 0.1) is 0 Å². The molecule has 15 N–H and O–H groups in total. The summed E-state index contributed by atoms with van der Waals surface area (Å²) in [6, 6.07) is 0. The van der Waals surface area contributed by atoms with Gasteiger partial charge in [0.25, 0.3) is 0 Å². The summed E-state index contributed by atoms with van der Waals surface area (Å²) in [4.78, 5) is 0. The predicted octanol–water partition coefficient (Wildman–Crippen LogP) is -3.29. The molecule has 0 saturated heterocycles. The molecule has 16 heteroatoms. The molecule has 16 nitrogen and oxygen atoms in total. The molecule has 0 aliphatic rings. The van der Waals surface area contributed by atoms with E-state index in [1.807, 2.05) is 0 Å². The minimum absolute atomic E-state index is 0.125. The van der Waals surface area contributed by atoms with Crippen molar-refractivity contribution in [2.75, 3.05) is 112 Å². The third-order valence-electron chi connectivity index (χ3n) is 3.58. The molecule has 0 aromatic carbocycles. The lowest BCUT2D eigenvalue weighted by atomic mass is 10.1. The molecule has 0 aliphatic carbocycles. The van der Waals surface area contributed by atoms with Gasteiger partial charge in [-0.3, -0.25) is 0 Å². The van der Waals surface area contributed by atoms with E-state index in [9.17, 15) is 0 Å². The summed E-state index contributed by atoms with van der Waals surface area (Å²) in [6.07, 6.45) is 13.6. The lowest BCUT2D eigenvalue weighted by molar-refractivity contribution is 0.0895. The Bertz CT molecular complexity index is 244. The summed E-state index contributed by atoms with van der Waals surface area (Å²) >= 11 is 0. The van der Waals surface area contributed by atoms with Crippen LogP contribution in [0.25, 0.3) is 0 Å². The summed E-state index contributed by atoms with van der Waals surface area (Å²) in [6.45, 7) is 1.98. The molecule has 44 heavy (non-hydrogen) atoms. The van der Waals surface area contributed by atoms with E-state index in [-0.39, 0.29) is 99.1 Å². The van der Waals surface area contributed by atoms with Crippen LogP contribution < -0.4 is 0 Å². The molecule has 0 saturated carbocycles. The monoisotopic (exact) mass is 664 g/mol. The fourth-order valence-electron chi connectivity index (χ4n) is 1.86. The van der Waals surface area contributed by atoms with Gasteiger partial charge >= 0.3 is 0 Å². The van der Waals surface area contributed by atoms with E-state index in [1.165, 1.54) is 57.8 Å². The zero-order valence-corrected chi connectivity index (χ0v) is 27.2. The van der Waals surface area contributed by atoms with Crippen molar-refractivity contribution in [1.29, 1.82) is 0 Å². The Balaban J connectivity index is -0.0000000636. The van der Waals surface area contributed by atoms with Gasteiger partial charge in [-0.25, -0.2) is 0 Å². The molecular weight excluding hydrogens is 592 g/mol. The van der Waals surface area contributed by atoms with Crippen LogP contribution in [0.2, 0.25) is 0 Å². The first-order chi connectivity index (χ1) is 21.3. The molecule has 0 fully saturated rings. The van der Waals surface area contributed by atoms with Crippen molar-refractivity contribution >= 4 is 0 Å². The van der Waals surface area contributed by atoms with Crippen molar-refractivity contribution in [3.8, 4) is 0 Å². The molecule has 0 aromatic heterocycles. The van der Waals surface area contributed by atoms with Gasteiger partial charge in [0.1, 0.15) is 0 Å². The van der Waals surface area contributed by atoms with Gasteiger partial charge in [-0.1, -0.05) is 64.7 Å². The van der Waals surface area contributed by atoms with Crippen LogP contribution in [0.4, 0.5) is 0 Å². The number of unbranched alkanes of at least 4 members (excludes halogenated alkanes) is 9. The van der Waals surface area contributed by atoms with Gasteiger partial charge in [-0.15, -0.1) is 0 Å². The zero-order chi connectivity index (χ0) is 35.8. The molecule has 0 aromatic rings. The first-order valence-corrected chi connectivity index (χ1v) is 15.0. The van der Waals surface area contributed by atoms with Crippen LogP contribution in [-0.2, 0) is 4.74 Å². The average molecular weight is 665 g/mol. The van der Waals surface area contributed by atoms with E-state index in [1.54, 1.807) is 0 Å².